The third kappa shape index (κ3) is 3.83. The number of aryl methyl sites for hydroxylation is 1. The lowest BCUT2D eigenvalue weighted by atomic mass is 9.89. The Morgan fingerprint density at radius 1 is 1.30 bits per heavy atom. The first-order chi connectivity index (χ1) is 9.76. The first kappa shape index (κ1) is 15.5. The third-order valence-electron chi connectivity index (χ3n) is 4.59. The number of hydrogen-bond donors (Lipinski definition) is 1. The van der Waals surface area contributed by atoms with E-state index in [-0.39, 0.29) is 0 Å². The van der Waals surface area contributed by atoms with E-state index in [1.54, 1.807) is 0 Å². The quantitative estimate of drug-likeness (QED) is 0.808. The van der Waals surface area contributed by atoms with Crippen LogP contribution in [0.5, 0.6) is 0 Å². The molecule has 3 atom stereocenters. The van der Waals surface area contributed by atoms with Crippen molar-refractivity contribution < 1.29 is 4.74 Å². The summed E-state index contributed by atoms with van der Waals surface area (Å²) in [6.07, 6.45) is 5.11. The summed E-state index contributed by atoms with van der Waals surface area (Å²) >= 11 is 0. The number of likely N-dealkylation sites (N-methyl/N-ethyl adjacent to an activating group) is 1. The van der Waals surface area contributed by atoms with Crippen molar-refractivity contribution >= 4 is 0 Å². The molecule has 112 valence electrons. The Morgan fingerprint density at radius 3 is 2.85 bits per heavy atom. The lowest BCUT2D eigenvalue weighted by molar-refractivity contribution is 0.0178. The van der Waals surface area contributed by atoms with Crippen LogP contribution in [0.25, 0.3) is 0 Å². The molecule has 1 aliphatic carbocycles. The van der Waals surface area contributed by atoms with Gasteiger partial charge in [0, 0.05) is 6.04 Å². The predicted molar refractivity (Wildman–Crippen MR) is 85.0 cm³/mol. The van der Waals surface area contributed by atoms with Crippen LogP contribution in [0.15, 0.2) is 24.3 Å². The SMILES string of the molecule is CCNC(COC1CCCc2ccccc21)C(C)CC. The van der Waals surface area contributed by atoms with Crippen LogP contribution < -0.4 is 5.32 Å². The van der Waals surface area contributed by atoms with Crippen molar-refractivity contribution in [1.29, 1.82) is 0 Å². The molecule has 0 fully saturated rings. The molecule has 0 saturated heterocycles. The topological polar surface area (TPSA) is 21.3 Å². The summed E-state index contributed by atoms with van der Waals surface area (Å²) in [5.41, 5.74) is 2.89. The van der Waals surface area contributed by atoms with Gasteiger partial charge in [-0.05, 0) is 42.9 Å². The van der Waals surface area contributed by atoms with Crippen LogP contribution >= 0.6 is 0 Å². The lowest BCUT2D eigenvalue weighted by Gasteiger charge is -2.30. The molecule has 0 radical (unpaired) electrons. The van der Waals surface area contributed by atoms with Gasteiger partial charge in [0.15, 0.2) is 0 Å². The zero-order valence-electron chi connectivity index (χ0n) is 13.2. The molecule has 2 nitrogen and oxygen atoms in total. The summed E-state index contributed by atoms with van der Waals surface area (Å²) in [7, 11) is 0. The van der Waals surface area contributed by atoms with E-state index in [0.717, 1.165) is 19.6 Å². The summed E-state index contributed by atoms with van der Waals surface area (Å²) in [5, 5.41) is 3.57. The van der Waals surface area contributed by atoms with E-state index in [1.165, 1.54) is 30.4 Å². The lowest BCUT2D eigenvalue weighted by Crippen LogP contribution is -2.39. The molecule has 0 spiro atoms. The molecule has 1 aromatic carbocycles. The van der Waals surface area contributed by atoms with Gasteiger partial charge in [-0.3, -0.25) is 0 Å². The minimum Gasteiger partial charge on any atom is -0.372 e. The fraction of sp³-hybridized carbons (Fsp3) is 0.667. The standard InChI is InChI=1S/C18H29NO/c1-4-14(3)17(19-5-2)13-20-18-12-8-10-15-9-6-7-11-16(15)18/h6-7,9,11,14,17-19H,4-5,8,10,12-13H2,1-3H3. The van der Waals surface area contributed by atoms with Crippen LogP contribution in [0.1, 0.15) is 57.3 Å². The first-order valence-corrected chi connectivity index (χ1v) is 8.19. The van der Waals surface area contributed by atoms with Gasteiger partial charge in [-0.15, -0.1) is 0 Å². The average Bonchev–Trinajstić information content (AvgIpc) is 2.50. The highest BCUT2D eigenvalue weighted by molar-refractivity contribution is 5.31. The molecular formula is C18H29NO. The van der Waals surface area contributed by atoms with Crippen molar-refractivity contribution in [3.05, 3.63) is 35.4 Å². The summed E-state index contributed by atoms with van der Waals surface area (Å²) < 4.78 is 6.28. The molecule has 0 bridgehead atoms. The molecule has 1 aliphatic rings. The van der Waals surface area contributed by atoms with E-state index < -0.39 is 0 Å². The van der Waals surface area contributed by atoms with Crippen LogP contribution in [0.4, 0.5) is 0 Å². The van der Waals surface area contributed by atoms with Gasteiger partial charge in [0.25, 0.3) is 0 Å². The molecule has 2 heteroatoms. The molecule has 0 aliphatic heterocycles. The Bertz CT molecular complexity index is 404. The molecule has 0 aromatic heterocycles. The molecule has 1 N–H and O–H groups in total. The van der Waals surface area contributed by atoms with Crippen molar-refractivity contribution in [1.82, 2.24) is 5.32 Å². The molecule has 0 amide bonds. The van der Waals surface area contributed by atoms with E-state index in [4.69, 9.17) is 4.74 Å². The molecule has 0 heterocycles. The second kappa shape index (κ2) is 7.80. The minimum absolute atomic E-state index is 0.296. The normalized spacial score (nSPS) is 21.2. The minimum atomic E-state index is 0.296. The van der Waals surface area contributed by atoms with Crippen LogP contribution in [0, 0.1) is 5.92 Å². The third-order valence-corrected chi connectivity index (χ3v) is 4.59. The molecular weight excluding hydrogens is 246 g/mol. The number of nitrogens with one attached hydrogen (secondary N) is 1. The summed E-state index contributed by atoms with van der Waals surface area (Å²) in [6, 6.07) is 9.24. The molecule has 3 unspecified atom stereocenters. The summed E-state index contributed by atoms with van der Waals surface area (Å²) in [6.45, 7) is 8.57. The van der Waals surface area contributed by atoms with E-state index >= 15 is 0 Å². The van der Waals surface area contributed by atoms with Gasteiger partial charge in [-0.25, -0.2) is 0 Å². The van der Waals surface area contributed by atoms with Crippen molar-refractivity contribution in [2.24, 2.45) is 5.92 Å². The van der Waals surface area contributed by atoms with Gasteiger partial charge in [-0.1, -0.05) is 51.5 Å². The monoisotopic (exact) mass is 275 g/mol. The second-order valence-corrected chi connectivity index (χ2v) is 5.96. The zero-order chi connectivity index (χ0) is 14.4. The maximum absolute atomic E-state index is 6.28. The first-order valence-electron chi connectivity index (χ1n) is 8.19. The molecule has 0 saturated carbocycles. The Hall–Kier alpha value is -0.860. The van der Waals surface area contributed by atoms with Gasteiger partial charge < -0.3 is 10.1 Å². The van der Waals surface area contributed by atoms with Gasteiger partial charge in [0.05, 0.1) is 12.7 Å². The highest BCUT2D eigenvalue weighted by atomic mass is 16.5. The van der Waals surface area contributed by atoms with Crippen LogP contribution in [0.3, 0.4) is 0 Å². The number of ether oxygens (including phenoxy) is 1. The Morgan fingerprint density at radius 2 is 2.10 bits per heavy atom. The van der Waals surface area contributed by atoms with Gasteiger partial charge in [0.1, 0.15) is 0 Å². The average molecular weight is 275 g/mol. The highest BCUT2D eigenvalue weighted by Crippen LogP contribution is 2.32. The van der Waals surface area contributed by atoms with Gasteiger partial charge in [0.2, 0.25) is 0 Å². The molecule has 1 aromatic rings. The summed E-state index contributed by atoms with van der Waals surface area (Å²) in [5.74, 6) is 0.661. The van der Waals surface area contributed by atoms with Gasteiger partial charge in [-0.2, -0.15) is 0 Å². The van der Waals surface area contributed by atoms with Crippen LogP contribution in [-0.2, 0) is 11.2 Å². The van der Waals surface area contributed by atoms with Crippen molar-refractivity contribution in [2.45, 2.75) is 58.6 Å². The van der Waals surface area contributed by atoms with E-state index in [2.05, 4.69) is 50.4 Å². The van der Waals surface area contributed by atoms with E-state index in [1.807, 2.05) is 0 Å². The number of rotatable bonds is 7. The smallest absolute Gasteiger partial charge is 0.0828 e. The van der Waals surface area contributed by atoms with Crippen molar-refractivity contribution in [3.8, 4) is 0 Å². The number of fused-ring (bicyclic) bond motifs is 1. The van der Waals surface area contributed by atoms with E-state index in [9.17, 15) is 0 Å². The second-order valence-electron chi connectivity index (χ2n) is 5.96. The Labute approximate surface area is 123 Å². The van der Waals surface area contributed by atoms with Crippen molar-refractivity contribution in [2.75, 3.05) is 13.2 Å². The van der Waals surface area contributed by atoms with Crippen molar-refractivity contribution in [3.63, 3.8) is 0 Å². The zero-order valence-corrected chi connectivity index (χ0v) is 13.2. The van der Waals surface area contributed by atoms with E-state index in [0.29, 0.717) is 18.1 Å². The molecule has 2 rings (SSSR count). The largest absolute Gasteiger partial charge is 0.372 e. The maximum atomic E-state index is 6.28. The number of benzene rings is 1. The van der Waals surface area contributed by atoms with Crippen LogP contribution in [0.2, 0.25) is 0 Å². The number of hydrogen-bond acceptors (Lipinski definition) is 2. The fourth-order valence-corrected chi connectivity index (χ4v) is 3.07. The van der Waals surface area contributed by atoms with Gasteiger partial charge >= 0.3 is 0 Å². The predicted octanol–water partition coefficient (Wildman–Crippen LogP) is 4.10. The maximum Gasteiger partial charge on any atom is 0.0828 e. The Kier molecular flexibility index (Phi) is 6.06. The highest BCUT2D eigenvalue weighted by Gasteiger charge is 2.22. The fourth-order valence-electron chi connectivity index (χ4n) is 3.07. The Balaban J connectivity index is 1.96. The summed E-state index contributed by atoms with van der Waals surface area (Å²) in [4.78, 5) is 0. The van der Waals surface area contributed by atoms with Crippen LogP contribution in [-0.4, -0.2) is 19.2 Å². The molecule has 20 heavy (non-hydrogen) atoms.